The number of hydrogen-bond donors (Lipinski definition) is 1. The van der Waals surface area contributed by atoms with Crippen LogP contribution < -0.4 is 4.74 Å². The van der Waals surface area contributed by atoms with E-state index in [1.165, 1.54) is 0 Å². The Kier molecular flexibility index (Phi) is 4.77. The van der Waals surface area contributed by atoms with E-state index >= 15 is 0 Å². The van der Waals surface area contributed by atoms with Crippen LogP contribution in [0.15, 0.2) is 48.5 Å². The molecular formula is C17H18O3. The maximum Gasteiger partial charge on any atom is 0.339 e. The first kappa shape index (κ1) is 14.1. The van der Waals surface area contributed by atoms with Gasteiger partial charge in [0.25, 0.3) is 0 Å². The molecule has 3 heteroatoms. The van der Waals surface area contributed by atoms with Crippen molar-refractivity contribution in [3.63, 3.8) is 0 Å². The number of carboxylic acids is 1. The zero-order valence-corrected chi connectivity index (χ0v) is 11.5. The van der Waals surface area contributed by atoms with Crippen LogP contribution in [0.25, 0.3) is 11.1 Å². The van der Waals surface area contributed by atoms with Gasteiger partial charge in [-0.3, -0.25) is 0 Å². The summed E-state index contributed by atoms with van der Waals surface area (Å²) in [5.74, 6) is -0.528. The van der Waals surface area contributed by atoms with E-state index in [0.717, 1.165) is 24.0 Å². The number of carboxylic acid groups (broad SMARTS) is 1. The minimum absolute atomic E-state index is 0.211. The standard InChI is InChI=1S/C17H18O3/c1-2-3-11-20-16-10-9-14(12-15(16)17(18)19)13-7-5-4-6-8-13/h4-10,12H,2-3,11H2,1H3,(H,18,19). The van der Waals surface area contributed by atoms with Crippen molar-refractivity contribution in [3.05, 3.63) is 54.1 Å². The highest BCUT2D eigenvalue weighted by molar-refractivity contribution is 5.92. The summed E-state index contributed by atoms with van der Waals surface area (Å²) in [4.78, 5) is 11.4. The second kappa shape index (κ2) is 6.75. The third kappa shape index (κ3) is 3.38. The predicted octanol–water partition coefficient (Wildman–Crippen LogP) is 4.23. The molecule has 0 amide bonds. The van der Waals surface area contributed by atoms with Crippen LogP contribution in [-0.2, 0) is 0 Å². The topological polar surface area (TPSA) is 46.5 Å². The lowest BCUT2D eigenvalue weighted by molar-refractivity contribution is 0.0692. The van der Waals surface area contributed by atoms with E-state index in [0.29, 0.717) is 12.4 Å². The van der Waals surface area contributed by atoms with Gasteiger partial charge in [0, 0.05) is 0 Å². The molecule has 0 heterocycles. The molecule has 0 fully saturated rings. The number of rotatable bonds is 6. The Balaban J connectivity index is 2.30. The minimum atomic E-state index is -0.964. The Morgan fingerprint density at radius 3 is 2.50 bits per heavy atom. The highest BCUT2D eigenvalue weighted by Crippen LogP contribution is 2.27. The van der Waals surface area contributed by atoms with Crippen molar-refractivity contribution >= 4 is 5.97 Å². The van der Waals surface area contributed by atoms with Gasteiger partial charge in [-0.15, -0.1) is 0 Å². The lowest BCUT2D eigenvalue weighted by atomic mass is 10.0. The van der Waals surface area contributed by atoms with Gasteiger partial charge in [-0.25, -0.2) is 4.79 Å². The quantitative estimate of drug-likeness (QED) is 0.799. The fourth-order valence-corrected chi connectivity index (χ4v) is 1.96. The molecule has 0 aromatic heterocycles. The van der Waals surface area contributed by atoms with Crippen LogP contribution >= 0.6 is 0 Å². The van der Waals surface area contributed by atoms with Gasteiger partial charge in [0.05, 0.1) is 6.61 Å². The van der Waals surface area contributed by atoms with E-state index < -0.39 is 5.97 Å². The fourth-order valence-electron chi connectivity index (χ4n) is 1.96. The molecule has 0 unspecified atom stereocenters. The van der Waals surface area contributed by atoms with Gasteiger partial charge >= 0.3 is 5.97 Å². The van der Waals surface area contributed by atoms with Crippen LogP contribution in [0.1, 0.15) is 30.1 Å². The molecule has 0 radical (unpaired) electrons. The smallest absolute Gasteiger partial charge is 0.339 e. The normalized spacial score (nSPS) is 10.2. The van der Waals surface area contributed by atoms with E-state index in [9.17, 15) is 9.90 Å². The van der Waals surface area contributed by atoms with Crippen molar-refractivity contribution in [1.29, 1.82) is 0 Å². The van der Waals surface area contributed by atoms with Crippen LogP contribution in [0.2, 0.25) is 0 Å². The van der Waals surface area contributed by atoms with Crippen LogP contribution in [0.3, 0.4) is 0 Å². The van der Waals surface area contributed by atoms with Crippen LogP contribution in [-0.4, -0.2) is 17.7 Å². The molecule has 0 spiro atoms. The third-order valence-corrected chi connectivity index (χ3v) is 3.07. The summed E-state index contributed by atoms with van der Waals surface area (Å²) < 4.78 is 5.55. The number of ether oxygens (including phenoxy) is 1. The van der Waals surface area contributed by atoms with E-state index in [1.807, 2.05) is 36.4 Å². The molecule has 3 nitrogen and oxygen atoms in total. The highest BCUT2D eigenvalue weighted by atomic mass is 16.5. The van der Waals surface area contributed by atoms with Gasteiger partial charge in [-0.2, -0.15) is 0 Å². The summed E-state index contributed by atoms with van der Waals surface area (Å²) in [5.41, 5.74) is 2.09. The molecule has 0 saturated carbocycles. The largest absolute Gasteiger partial charge is 0.493 e. The summed E-state index contributed by atoms with van der Waals surface area (Å²) in [7, 11) is 0. The second-order valence-electron chi connectivity index (χ2n) is 4.58. The summed E-state index contributed by atoms with van der Waals surface area (Å²) >= 11 is 0. The van der Waals surface area contributed by atoms with Crippen molar-refractivity contribution < 1.29 is 14.6 Å². The molecule has 0 aliphatic carbocycles. The average molecular weight is 270 g/mol. The number of unbranched alkanes of at least 4 members (excludes halogenated alkanes) is 1. The monoisotopic (exact) mass is 270 g/mol. The van der Waals surface area contributed by atoms with Gasteiger partial charge in [-0.05, 0) is 29.7 Å². The Bertz CT molecular complexity index is 576. The molecule has 0 bridgehead atoms. The SMILES string of the molecule is CCCCOc1ccc(-c2ccccc2)cc1C(=O)O. The van der Waals surface area contributed by atoms with Crippen LogP contribution in [0.4, 0.5) is 0 Å². The molecule has 1 N–H and O–H groups in total. The van der Waals surface area contributed by atoms with Crippen molar-refractivity contribution in [3.8, 4) is 16.9 Å². The summed E-state index contributed by atoms with van der Waals surface area (Å²) in [5, 5.41) is 9.31. The Labute approximate surface area is 118 Å². The molecule has 104 valence electrons. The molecule has 0 aliphatic rings. The highest BCUT2D eigenvalue weighted by Gasteiger charge is 2.12. The zero-order valence-electron chi connectivity index (χ0n) is 11.5. The lowest BCUT2D eigenvalue weighted by Crippen LogP contribution is -2.04. The van der Waals surface area contributed by atoms with Crippen molar-refractivity contribution in [2.24, 2.45) is 0 Å². The van der Waals surface area contributed by atoms with Gasteiger partial charge in [-0.1, -0.05) is 49.7 Å². The molecule has 0 saturated heterocycles. The number of carbonyl (C=O) groups is 1. The summed E-state index contributed by atoms with van der Waals surface area (Å²) in [6.07, 6.45) is 1.93. The van der Waals surface area contributed by atoms with Crippen molar-refractivity contribution in [2.75, 3.05) is 6.61 Å². The molecule has 2 aromatic carbocycles. The Morgan fingerprint density at radius 1 is 1.10 bits per heavy atom. The summed E-state index contributed by atoms with van der Waals surface area (Å²) in [6.45, 7) is 2.61. The molecule has 2 rings (SSSR count). The molecule has 0 aliphatic heterocycles. The first-order chi connectivity index (χ1) is 9.72. The Hall–Kier alpha value is -2.29. The number of hydrogen-bond acceptors (Lipinski definition) is 2. The summed E-state index contributed by atoms with van der Waals surface area (Å²) in [6, 6.07) is 15.0. The first-order valence-electron chi connectivity index (χ1n) is 6.78. The molecular weight excluding hydrogens is 252 g/mol. The molecule has 2 aromatic rings. The van der Waals surface area contributed by atoms with E-state index in [4.69, 9.17) is 4.74 Å². The number of benzene rings is 2. The fraction of sp³-hybridized carbons (Fsp3) is 0.235. The second-order valence-corrected chi connectivity index (χ2v) is 4.58. The zero-order chi connectivity index (χ0) is 14.4. The minimum Gasteiger partial charge on any atom is -0.493 e. The van der Waals surface area contributed by atoms with Gasteiger partial charge in [0.15, 0.2) is 0 Å². The maximum absolute atomic E-state index is 11.4. The van der Waals surface area contributed by atoms with Crippen LogP contribution in [0, 0.1) is 0 Å². The maximum atomic E-state index is 11.4. The Morgan fingerprint density at radius 2 is 1.85 bits per heavy atom. The van der Waals surface area contributed by atoms with Gasteiger partial charge < -0.3 is 9.84 Å². The first-order valence-corrected chi connectivity index (χ1v) is 6.78. The van der Waals surface area contributed by atoms with Crippen LogP contribution in [0.5, 0.6) is 5.75 Å². The predicted molar refractivity (Wildman–Crippen MR) is 79.2 cm³/mol. The van der Waals surface area contributed by atoms with Gasteiger partial charge in [0.2, 0.25) is 0 Å². The molecule has 0 atom stereocenters. The van der Waals surface area contributed by atoms with E-state index in [2.05, 4.69) is 6.92 Å². The lowest BCUT2D eigenvalue weighted by Gasteiger charge is -2.10. The average Bonchev–Trinajstić information content (AvgIpc) is 2.48. The van der Waals surface area contributed by atoms with Gasteiger partial charge in [0.1, 0.15) is 11.3 Å². The number of aromatic carboxylic acids is 1. The van der Waals surface area contributed by atoms with E-state index in [-0.39, 0.29) is 5.56 Å². The van der Waals surface area contributed by atoms with Crippen molar-refractivity contribution in [1.82, 2.24) is 0 Å². The van der Waals surface area contributed by atoms with Crippen molar-refractivity contribution in [2.45, 2.75) is 19.8 Å². The molecule has 20 heavy (non-hydrogen) atoms. The van der Waals surface area contributed by atoms with E-state index in [1.54, 1.807) is 12.1 Å². The third-order valence-electron chi connectivity index (χ3n) is 3.07.